The molecule has 2 aliphatic heterocycles. The normalized spacial score (nSPS) is 37.8. The van der Waals surface area contributed by atoms with Crippen molar-refractivity contribution in [2.24, 2.45) is 0 Å². The standard InChI is InChI=1S/C13H24O4/c1-8(2)16-9-6-14-12-10(7-15-11(9)12)17-13(3,4)5/h8-12H,6-7H2,1-5H3/t9-,10+,11+,12+/m0/s1. The van der Waals surface area contributed by atoms with Gasteiger partial charge in [-0.2, -0.15) is 0 Å². The van der Waals surface area contributed by atoms with Gasteiger partial charge in [0.1, 0.15) is 24.4 Å². The summed E-state index contributed by atoms with van der Waals surface area (Å²) in [5.41, 5.74) is -0.163. The van der Waals surface area contributed by atoms with E-state index in [1.807, 2.05) is 13.8 Å². The fraction of sp³-hybridized carbons (Fsp3) is 1.00. The van der Waals surface area contributed by atoms with Crippen molar-refractivity contribution in [2.75, 3.05) is 13.2 Å². The van der Waals surface area contributed by atoms with Crippen molar-refractivity contribution in [1.82, 2.24) is 0 Å². The quantitative estimate of drug-likeness (QED) is 0.758. The van der Waals surface area contributed by atoms with Gasteiger partial charge in [-0.15, -0.1) is 0 Å². The predicted molar refractivity (Wildman–Crippen MR) is 64.1 cm³/mol. The summed E-state index contributed by atoms with van der Waals surface area (Å²) in [5, 5.41) is 0. The van der Waals surface area contributed by atoms with E-state index >= 15 is 0 Å². The molecule has 0 N–H and O–H groups in total. The third-order valence-corrected chi connectivity index (χ3v) is 2.91. The molecule has 0 saturated carbocycles. The second-order valence-electron chi connectivity index (χ2n) is 6.09. The molecule has 2 aliphatic rings. The van der Waals surface area contributed by atoms with Crippen molar-refractivity contribution >= 4 is 0 Å². The zero-order valence-corrected chi connectivity index (χ0v) is 11.4. The zero-order chi connectivity index (χ0) is 12.6. The van der Waals surface area contributed by atoms with Crippen molar-refractivity contribution < 1.29 is 18.9 Å². The fourth-order valence-electron chi connectivity index (χ4n) is 2.45. The van der Waals surface area contributed by atoms with Gasteiger partial charge in [-0.25, -0.2) is 0 Å². The highest BCUT2D eigenvalue weighted by atomic mass is 16.6. The average Bonchev–Trinajstić information content (AvgIpc) is 2.68. The van der Waals surface area contributed by atoms with Crippen LogP contribution in [0, 0.1) is 0 Å². The van der Waals surface area contributed by atoms with Gasteiger partial charge in [0.2, 0.25) is 0 Å². The van der Waals surface area contributed by atoms with Crippen LogP contribution in [-0.4, -0.2) is 49.3 Å². The molecule has 4 nitrogen and oxygen atoms in total. The van der Waals surface area contributed by atoms with Crippen molar-refractivity contribution in [3.63, 3.8) is 0 Å². The predicted octanol–water partition coefficient (Wildman–Crippen LogP) is 1.76. The van der Waals surface area contributed by atoms with Crippen LogP contribution in [0.3, 0.4) is 0 Å². The number of hydrogen-bond acceptors (Lipinski definition) is 4. The maximum Gasteiger partial charge on any atom is 0.115 e. The molecule has 0 aromatic heterocycles. The fourth-order valence-corrected chi connectivity index (χ4v) is 2.45. The first-order valence-electron chi connectivity index (χ1n) is 6.43. The topological polar surface area (TPSA) is 36.9 Å². The molecule has 4 atom stereocenters. The lowest BCUT2D eigenvalue weighted by Gasteiger charge is -2.26. The second kappa shape index (κ2) is 4.84. The molecule has 2 saturated heterocycles. The summed E-state index contributed by atoms with van der Waals surface area (Å²) in [6.45, 7) is 11.4. The van der Waals surface area contributed by atoms with Gasteiger partial charge in [0.15, 0.2) is 0 Å². The highest BCUT2D eigenvalue weighted by Gasteiger charge is 2.49. The molecule has 0 aliphatic carbocycles. The minimum atomic E-state index is -0.163. The maximum atomic E-state index is 5.96. The number of hydrogen-bond donors (Lipinski definition) is 0. The Morgan fingerprint density at radius 3 is 2.06 bits per heavy atom. The maximum absolute atomic E-state index is 5.96. The smallest absolute Gasteiger partial charge is 0.115 e. The van der Waals surface area contributed by atoms with Crippen LogP contribution >= 0.6 is 0 Å². The summed E-state index contributed by atoms with van der Waals surface area (Å²) in [6.07, 6.45) is 0.339. The van der Waals surface area contributed by atoms with Crippen molar-refractivity contribution in [3.05, 3.63) is 0 Å². The SMILES string of the molecule is CC(C)O[C@H]1CO[C@H]2[C@@H]1OC[C@H]2OC(C)(C)C. The first-order chi connectivity index (χ1) is 7.87. The van der Waals surface area contributed by atoms with E-state index in [1.54, 1.807) is 0 Å². The number of rotatable bonds is 3. The summed E-state index contributed by atoms with van der Waals surface area (Å²) < 4.78 is 23.3. The molecule has 2 heterocycles. The molecule has 2 fully saturated rings. The third kappa shape index (κ3) is 3.19. The van der Waals surface area contributed by atoms with Gasteiger partial charge in [-0.1, -0.05) is 0 Å². The summed E-state index contributed by atoms with van der Waals surface area (Å²) in [6, 6.07) is 0. The van der Waals surface area contributed by atoms with E-state index in [-0.39, 0.29) is 36.1 Å². The highest BCUT2D eigenvalue weighted by Crippen LogP contribution is 2.32. The van der Waals surface area contributed by atoms with E-state index < -0.39 is 0 Å². The highest BCUT2D eigenvalue weighted by molar-refractivity contribution is 4.96. The van der Waals surface area contributed by atoms with E-state index in [0.717, 1.165) is 0 Å². The monoisotopic (exact) mass is 244 g/mol. The summed E-state index contributed by atoms with van der Waals surface area (Å²) in [5.74, 6) is 0. The van der Waals surface area contributed by atoms with Crippen LogP contribution in [0.15, 0.2) is 0 Å². The van der Waals surface area contributed by atoms with Gasteiger partial charge in [0.25, 0.3) is 0 Å². The Kier molecular flexibility index (Phi) is 3.78. The van der Waals surface area contributed by atoms with E-state index in [0.29, 0.717) is 13.2 Å². The van der Waals surface area contributed by atoms with E-state index in [9.17, 15) is 0 Å². The lowest BCUT2D eigenvalue weighted by atomic mass is 10.1. The van der Waals surface area contributed by atoms with E-state index in [4.69, 9.17) is 18.9 Å². The molecular formula is C13H24O4. The van der Waals surface area contributed by atoms with Gasteiger partial charge >= 0.3 is 0 Å². The summed E-state index contributed by atoms with van der Waals surface area (Å²) >= 11 is 0. The van der Waals surface area contributed by atoms with Gasteiger partial charge in [0.05, 0.1) is 24.9 Å². The Labute approximate surface area is 104 Å². The van der Waals surface area contributed by atoms with Crippen molar-refractivity contribution in [1.29, 1.82) is 0 Å². The number of ether oxygens (including phenoxy) is 4. The van der Waals surface area contributed by atoms with Crippen LogP contribution < -0.4 is 0 Å². The van der Waals surface area contributed by atoms with Gasteiger partial charge in [0, 0.05) is 0 Å². The van der Waals surface area contributed by atoms with Crippen LogP contribution in [0.5, 0.6) is 0 Å². The van der Waals surface area contributed by atoms with Crippen LogP contribution in [-0.2, 0) is 18.9 Å². The molecule has 0 spiro atoms. The third-order valence-electron chi connectivity index (χ3n) is 2.91. The molecule has 0 aromatic rings. The first-order valence-corrected chi connectivity index (χ1v) is 6.43. The molecule has 0 amide bonds. The Balaban J connectivity index is 1.92. The minimum Gasteiger partial charge on any atom is -0.370 e. The van der Waals surface area contributed by atoms with Gasteiger partial charge in [-0.05, 0) is 34.6 Å². The van der Waals surface area contributed by atoms with Crippen molar-refractivity contribution in [3.8, 4) is 0 Å². The lowest BCUT2D eigenvalue weighted by Crippen LogP contribution is -2.38. The van der Waals surface area contributed by atoms with Crippen LogP contribution in [0.4, 0.5) is 0 Å². The lowest BCUT2D eigenvalue weighted by molar-refractivity contribution is -0.107. The molecule has 0 aromatic carbocycles. The molecule has 0 radical (unpaired) electrons. The van der Waals surface area contributed by atoms with E-state index in [2.05, 4.69) is 20.8 Å². The average molecular weight is 244 g/mol. The Hall–Kier alpha value is -0.160. The minimum absolute atomic E-state index is 0.0259. The molecule has 100 valence electrons. The Morgan fingerprint density at radius 2 is 1.53 bits per heavy atom. The van der Waals surface area contributed by atoms with Gasteiger partial charge < -0.3 is 18.9 Å². The summed E-state index contributed by atoms with van der Waals surface area (Å²) in [7, 11) is 0. The largest absolute Gasteiger partial charge is 0.370 e. The van der Waals surface area contributed by atoms with Crippen molar-refractivity contribution in [2.45, 2.75) is 70.7 Å². The molecular weight excluding hydrogens is 220 g/mol. The molecule has 0 unspecified atom stereocenters. The van der Waals surface area contributed by atoms with Crippen LogP contribution in [0.2, 0.25) is 0 Å². The second-order valence-corrected chi connectivity index (χ2v) is 6.09. The Bertz CT molecular complexity index is 259. The molecule has 0 bridgehead atoms. The van der Waals surface area contributed by atoms with Gasteiger partial charge in [-0.3, -0.25) is 0 Å². The van der Waals surface area contributed by atoms with E-state index in [1.165, 1.54) is 0 Å². The molecule has 4 heteroatoms. The first kappa shape index (κ1) is 13.3. The molecule has 2 rings (SSSR count). The zero-order valence-electron chi connectivity index (χ0n) is 11.4. The summed E-state index contributed by atoms with van der Waals surface area (Å²) in [4.78, 5) is 0. The number of fused-ring (bicyclic) bond motifs is 1. The van der Waals surface area contributed by atoms with Crippen LogP contribution in [0.1, 0.15) is 34.6 Å². The molecule has 17 heavy (non-hydrogen) atoms. The Morgan fingerprint density at radius 1 is 1.00 bits per heavy atom. The van der Waals surface area contributed by atoms with Crippen LogP contribution in [0.25, 0.3) is 0 Å².